The van der Waals surface area contributed by atoms with E-state index in [4.69, 9.17) is 9.72 Å². The molecule has 0 saturated heterocycles. The Labute approximate surface area is 114 Å². The lowest BCUT2D eigenvalue weighted by atomic mass is 10.1. The van der Waals surface area contributed by atoms with Gasteiger partial charge in [-0.25, -0.2) is 4.98 Å². The predicted molar refractivity (Wildman–Crippen MR) is 74.9 cm³/mol. The van der Waals surface area contributed by atoms with Gasteiger partial charge in [-0.3, -0.25) is 4.40 Å². The van der Waals surface area contributed by atoms with Crippen molar-refractivity contribution in [3.05, 3.63) is 40.5 Å². The van der Waals surface area contributed by atoms with Crippen LogP contribution in [0.2, 0.25) is 0 Å². The smallest absolute Gasteiger partial charge is 0.195 e. The number of rotatable bonds is 0. The number of para-hydroxylation sites is 1. The summed E-state index contributed by atoms with van der Waals surface area (Å²) in [5.74, 6) is 0.956. The van der Waals surface area contributed by atoms with E-state index < -0.39 is 0 Å². The summed E-state index contributed by atoms with van der Waals surface area (Å²) in [6.07, 6.45) is 3.68. The number of ether oxygens (including phenoxy) is 1. The van der Waals surface area contributed by atoms with Crippen LogP contribution in [-0.2, 0) is 19.4 Å². The fourth-order valence-electron chi connectivity index (χ4n) is 3.22. The summed E-state index contributed by atoms with van der Waals surface area (Å²) in [7, 11) is 0. The molecule has 0 amide bonds. The maximum absolute atomic E-state index is 5.89. The van der Waals surface area contributed by atoms with Crippen LogP contribution >= 0.6 is 11.3 Å². The van der Waals surface area contributed by atoms with Gasteiger partial charge in [0.25, 0.3) is 0 Å². The van der Waals surface area contributed by atoms with E-state index in [1.807, 2.05) is 23.5 Å². The topological polar surface area (TPSA) is 26.5 Å². The number of benzene rings is 1. The van der Waals surface area contributed by atoms with E-state index in [0.29, 0.717) is 6.61 Å². The Balaban J connectivity index is 1.86. The summed E-state index contributed by atoms with van der Waals surface area (Å²) < 4.78 is 8.23. The second-order valence-electron chi connectivity index (χ2n) is 5.14. The number of aryl methyl sites for hydroxylation is 2. The molecule has 0 spiro atoms. The van der Waals surface area contributed by atoms with Gasteiger partial charge in [0.05, 0.1) is 5.69 Å². The van der Waals surface area contributed by atoms with Crippen LogP contribution in [0.15, 0.2) is 24.3 Å². The van der Waals surface area contributed by atoms with Crippen molar-refractivity contribution in [2.45, 2.75) is 25.9 Å². The summed E-state index contributed by atoms with van der Waals surface area (Å²) in [6, 6.07) is 8.19. The zero-order chi connectivity index (χ0) is 12.4. The van der Waals surface area contributed by atoms with Crippen molar-refractivity contribution in [2.75, 3.05) is 0 Å². The van der Waals surface area contributed by atoms with Crippen LogP contribution in [0.25, 0.3) is 16.2 Å². The van der Waals surface area contributed by atoms with Gasteiger partial charge in [0.2, 0.25) is 0 Å². The van der Waals surface area contributed by atoms with Crippen LogP contribution in [0, 0.1) is 0 Å². The Morgan fingerprint density at radius 1 is 1.16 bits per heavy atom. The normalized spacial score (nSPS) is 16.0. The minimum Gasteiger partial charge on any atom is -0.487 e. The van der Waals surface area contributed by atoms with Gasteiger partial charge in [-0.1, -0.05) is 12.1 Å². The Kier molecular flexibility index (Phi) is 1.79. The van der Waals surface area contributed by atoms with E-state index >= 15 is 0 Å². The highest BCUT2D eigenvalue weighted by atomic mass is 32.1. The third kappa shape index (κ3) is 1.20. The molecule has 0 atom stereocenters. The fourth-order valence-corrected chi connectivity index (χ4v) is 4.44. The highest BCUT2D eigenvalue weighted by Crippen LogP contribution is 2.41. The van der Waals surface area contributed by atoms with Crippen molar-refractivity contribution >= 4 is 16.3 Å². The van der Waals surface area contributed by atoms with Crippen LogP contribution in [0.3, 0.4) is 0 Å². The molecule has 3 heterocycles. The lowest BCUT2D eigenvalue weighted by Crippen LogP contribution is -2.08. The van der Waals surface area contributed by atoms with Gasteiger partial charge in [-0.15, -0.1) is 11.3 Å². The van der Waals surface area contributed by atoms with Crippen molar-refractivity contribution in [1.29, 1.82) is 0 Å². The van der Waals surface area contributed by atoms with E-state index in [0.717, 1.165) is 22.0 Å². The molecule has 5 rings (SSSR count). The second-order valence-corrected chi connectivity index (χ2v) is 6.20. The molecule has 94 valence electrons. The molecule has 2 aromatic heterocycles. The van der Waals surface area contributed by atoms with Crippen LogP contribution in [0.1, 0.15) is 22.7 Å². The van der Waals surface area contributed by atoms with E-state index in [2.05, 4.69) is 16.5 Å². The third-order valence-electron chi connectivity index (χ3n) is 4.07. The first-order valence-corrected chi connectivity index (χ1v) is 7.47. The van der Waals surface area contributed by atoms with Crippen molar-refractivity contribution in [3.8, 4) is 17.0 Å². The first-order chi connectivity index (χ1) is 9.42. The van der Waals surface area contributed by atoms with Gasteiger partial charge in [0.15, 0.2) is 4.96 Å². The van der Waals surface area contributed by atoms with Gasteiger partial charge in [-0.05, 0) is 31.4 Å². The lowest BCUT2D eigenvalue weighted by Gasteiger charge is -2.17. The summed E-state index contributed by atoms with van der Waals surface area (Å²) in [4.78, 5) is 7.51. The summed E-state index contributed by atoms with van der Waals surface area (Å²) >= 11 is 1.85. The highest BCUT2D eigenvalue weighted by Gasteiger charge is 2.27. The standard InChI is InChI=1S/C15H12N2OS/c1-2-6-12-9(4-1)14-11(8-18-12)17-10-5-3-7-13(10)19-15(17)16-14/h1-2,4,6H,3,5,7-8H2. The number of hydrogen-bond acceptors (Lipinski definition) is 3. The summed E-state index contributed by atoms with van der Waals surface area (Å²) in [5, 5.41) is 0. The Morgan fingerprint density at radius 3 is 3.11 bits per heavy atom. The van der Waals surface area contributed by atoms with Gasteiger partial charge in [0.1, 0.15) is 18.1 Å². The average molecular weight is 268 g/mol. The van der Waals surface area contributed by atoms with Crippen LogP contribution in [0.5, 0.6) is 5.75 Å². The third-order valence-corrected chi connectivity index (χ3v) is 5.21. The summed E-state index contributed by atoms with van der Waals surface area (Å²) in [6.45, 7) is 0.636. The lowest BCUT2D eigenvalue weighted by molar-refractivity contribution is 0.296. The Morgan fingerprint density at radius 2 is 2.11 bits per heavy atom. The molecule has 2 aliphatic rings. The van der Waals surface area contributed by atoms with E-state index in [-0.39, 0.29) is 0 Å². The molecular weight excluding hydrogens is 256 g/mol. The number of imidazole rings is 1. The molecule has 19 heavy (non-hydrogen) atoms. The molecule has 0 bridgehead atoms. The minimum absolute atomic E-state index is 0.636. The number of aromatic nitrogens is 2. The van der Waals surface area contributed by atoms with E-state index in [1.165, 1.54) is 35.5 Å². The summed E-state index contributed by atoms with van der Waals surface area (Å²) in [5.41, 5.74) is 4.94. The van der Waals surface area contributed by atoms with Gasteiger partial charge in [-0.2, -0.15) is 0 Å². The molecular formula is C15H12N2OS. The number of nitrogens with zero attached hydrogens (tertiary/aromatic N) is 2. The van der Waals surface area contributed by atoms with Gasteiger partial charge >= 0.3 is 0 Å². The van der Waals surface area contributed by atoms with Gasteiger partial charge < -0.3 is 4.74 Å². The second kappa shape index (κ2) is 3.39. The van der Waals surface area contributed by atoms with Gasteiger partial charge in [0, 0.05) is 16.1 Å². The molecule has 1 aliphatic heterocycles. The molecule has 0 fully saturated rings. The molecule has 0 unspecified atom stereocenters. The number of fused-ring (bicyclic) bond motifs is 7. The molecule has 0 N–H and O–H groups in total. The maximum atomic E-state index is 5.89. The van der Waals surface area contributed by atoms with E-state index in [1.54, 1.807) is 0 Å². The van der Waals surface area contributed by atoms with Crippen molar-refractivity contribution in [2.24, 2.45) is 0 Å². The van der Waals surface area contributed by atoms with Crippen LogP contribution < -0.4 is 4.74 Å². The predicted octanol–water partition coefficient (Wildman–Crippen LogP) is 3.44. The Hall–Kier alpha value is -1.81. The van der Waals surface area contributed by atoms with Crippen molar-refractivity contribution in [1.82, 2.24) is 9.38 Å². The zero-order valence-electron chi connectivity index (χ0n) is 10.3. The van der Waals surface area contributed by atoms with E-state index in [9.17, 15) is 0 Å². The SMILES string of the molecule is c1ccc2c(c1)OCc1c-2nc2sc3c(n12)CCC3. The maximum Gasteiger partial charge on any atom is 0.195 e. The minimum atomic E-state index is 0.636. The first-order valence-electron chi connectivity index (χ1n) is 6.66. The van der Waals surface area contributed by atoms with Crippen LogP contribution in [-0.4, -0.2) is 9.38 Å². The monoisotopic (exact) mass is 268 g/mol. The van der Waals surface area contributed by atoms with Crippen molar-refractivity contribution in [3.63, 3.8) is 0 Å². The fraction of sp³-hybridized carbons (Fsp3) is 0.267. The average Bonchev–Trinajstić information content (AvgIpc) is 3.07. The molecule has 0 radical (unpaired) electrons. The van der Waals surface area contributed by atoms with Crippen molar-refractivity contribution < 1.29 is 4.74 Å². The molecule has 4 heteroatoms. The molecule has 3 nitrogen and oxygen atoms in total. The first kappa shape index (κ1) is 10.0. The quantitative estimate of drug-likeness (QED) is 0.624. The van der Waals surface area contributed by atoms with Crippen LogP contribution in [0.4, 0.5) is 0 Å². The molecule has 1 aromatic carbocycles. The number of hydrogen-bond donors (Lipinski definition) is 0. The molecule has 0 saturated carbocycles. The highest BCUT2D eigenvalue weighted by molar-refractivity contribution is 7.17. The molecule has 3 aromatic rings. The Bertz CT molecular complexity index is 815. The molecule has 1 aliphatic carbocycles. The number of thiazole rings is 1. The largest absolute Gasteiger partial charge is 0.487 e. The zero-order valence-corrected chi connectivity index (χ0v) is 11.2.